The van der Waals surface area contributed by atoms with Gasteiger partial charge in [0.05, 0.1) is 16.3 Å². The Morgan fingerprint density at radius 3 is 2.82 bits per heavy atom. The monoisotopic (exact) mass is 354 g/mol. The summed E-state index contributed by atoms with van der Waals surface area (Å²) < 4.78 is 2.19. The smallest absolute Gasteiger partial charge is 0.216 e. The summed E-state index contributed by atoms with van der Waals surface area (Å²) >= 11 is 17.5. The van der Waals surface area contributed by atoms with E-state index < -0.39 is 0 Å². The number of halogens is 2. The van der Waals surface area contributed by atoms with E-state index in [4.69, 9.17) is 35.4 Å². The molecule has 4 nitrogen and oxygen atoms in total. The van der Waals surface area contributed by atoms with E-state index >= 15 is 0 Å². The zero-order valence-electron chi connectivity index (χ0n) is 11.9. The molecule has 0 spiro atoms. The fourth-order valence-corrected chi connectivity index (χ4v) is 3.32. The summed E-state index contributed by atoms with van der Waals surface area (Å²) in [6.45, 7) is 0. The van der Waals surface area contributed by atoms with Crippen molar-refractivity contribution in [1.82, 2.24) is 14.9 Å². The van der Waals surface area contributed by atoms with Crippen LogP contribution in [-0.4, -0.2) is 21.1 Å². The number of benzene rings is 1. The molecule has 2 aromatic rings. The second kappa shape index (κ2) is 6.94. The van der Waals surface area contributed by atoms with Gasteiger partial charge in [0.15, 0.2) is 5.82 Å². The summed E-state index contributed by atoms with van der Waals surface area (Å²) in [6, 6.07) is 5.45. The molecule has 1 saturated carbocycles. The molecule has 1 aromatic heterocycles. The van der Waals surface area contributed by atoms with Crippen molar-refractivity contribution in [1.29, 1.82) is 0 Å². The molecular weight excluding hydrogens is 339 g/mol. The van der Waals surface area contributed by atoms with Crippen LogP contribution in [0.3, 0.4) is 0 Å². The molecule has 0 bridgehead atoms. The van der Waals surface area contributed by atoms with Gasteiger partial charge < -0.3 is 0 Å². The molecular formula is C15H16Cl2N4S. The van der Waals surface area contributed by atoms with Gasteiger partial charge in [0, 0.05) is 11.5 Å². The van der Waals surface area contributed by atoms with Crippen LogP contribution in [0, 0.1) is 4.77 Å². The molecule has 116 valence electrons. The first kappa shape index (κ1) is 15.7. The summed E-state index contributed by atoms with van der Waals surface area (Å²) in [7, 11) is 0. The maximum atomic E-state index is 6.18. The van der Waals surface area contributed by atoms with E-state index in [0.717, 1.165) is 24.2 Å². The normalized spacial score (nSPS) is 16.5. The largest absolute Gasteiger partial charge is 0.250 e. The van der Waals surface area contributed by atoms with Crippen LogP contribution >= 0.6 is 35.4 Å². The summed E-state index contributed by atoms with van der Waals surface area (Å²) in [5.74, 6) is 1.31. The van der Waals surface area contributed by atoms with Gasteiger partial charge in [0.2, 0.25) is 4.77 Å². The molecule has 1 aliphatic rings. The number of hydrogen-bond acceptors (Lipinski definition) is 3. The lowest BCUT2D eigenvalue weighted by molar-refractivity contribution is 0.419. The van der Waals surface area contributed by atoms with E-state index in [1.807, 2.05) is 12.1 Å². The number of aromatic amines is 1. The zero-order valence-corrected chi connectivity index (χ0v) is 14.3. The maximum Gasteiger partial charge on any atom is 0.216 e. The Kier molecular flexibility index (Phi) is 4.96. The molecule has 0 radical (unpaired) electrons. The van der Waals surface area contributed by atoms with Crippen LogP contribution in [0.2, 0.25) is 10.0 Å². The van der Waals surface area contributed by atoms with Crippen LogP contribution in [0.5, 0.6) is 0 Å². The molecule has 3 rings (SSSR count). The average Bonchev–Trinajstić information content (AvgIpc) is 2.91. The van der Waals surface area contributed by atoms with E-state index in [9.17, 15) is 0 Å². The lowest BCUT2D eigenvalue weighted by atomic mass is 9.89. The Morgan fingerprint density at radius 2 is 2.05 bits per heavy atom. The Morgan fingerprint density at radius 1 is 1.27 bits per heavy atom. The van der Waals surface area contributed by atoms with Crippen molar-refractivity contribution in [2.75, 3.05) is 0 Å². The Bertz CT molecular complexity index is 744. The summed E-state index contributed by atoms with van der Waals surface area (Å²) in [5.41, 5.74) is 0.756. The molecule has 1 N–H and O–H groups in total. The van der Waals surface area contributed by atoms with E-state index in [0.29, 0.717) is 20.7 Å². The molecule has 7 heteroatoms. The molecule has 22 heavy (non-hydrogen) atoms. The first-order chi connectivity index (χ1) is 10.7. The third-order valence-corrected chi connectivity index (χ3v) is 5.04. The molecule has 0 amide bonds. The molecule has 0 atom stereocenters. The van der Waals surface area contributed by atoms with Gasteiger partial charge in [-0.15, -0.1) is 0 Å². The van der Waals surface area contributed by atoms with Crippen molar-refractivity contribution in [3.05, 3.63) is 44.4 Å². The minimum absolute atomic E-state index is 0.411. The second-order valence-corrected chi connectivity index (χ2v) is 6.59. The Labute approximate surface area is 144 Å². The van der Waals surface area contributed by atoms with Crippen molar-refractivity contribution in [2.45, 2.75) is 38.0 Å². The predicted octanol–water partition coefficient (Wildman–Crippen LogP) is 5.18. The highest BCUT2D eigenvalue weighted by molar-refractivity contribution is 7.71. The van der Waals surface area contributed by atoms with E-state index in [1.165, 1.54) is 19.3 Å². The van der Waals surface area contributed by atoms with E-state index in [1.54, 1.807) is 17.0 Å². The first-order valence-electron chi connectivity index (χ1n) is 7.32. The molecule has 0 unspecified atom stereocenters. The van der Waals surface area contributed by atoms with Crippen molar-refractivity contribution in [2.24, 2.45) is 5.10 Å². The second-order valence-electron chi connectivity index (χ2n) is 5.42. The van der Waals surface area contributed by atoms with E-state index in [-0.39, 0.29) is 0 Å². The third kappa shape index (κ3) is 3.26. The highest BCUT2D eigenvalue weighted by atomic mass is 35.5. The van der Waals surface area contributed by atoms with Crippen LogP contribution in [0.25, 0.3) is 0 Å². The number of hydrogen-bond donors (Lipinski definition) is 1. The Balaban J connectivity index is 1.92. The molecule has 1 aromatic carbocycles. The van der Waals surface area contributed by atoms with Gasteiger partial charge in [0.1, 0.15) is 0 Å². The molecule has 1 aliphatic carbocycles. The quantitative estimate of drug-likeness (QED) is 0.609. The number of H-pyrrole nitrogens is 1. The molecule has 0 aliphatic heterocycles. The minimum atomic E-state index is 0.411. The van der Waals surface area contributed by atoms with Crippen molar-refractivity contribution < 1.29 is 0 Å². The maximum absolute atomic E-state index is 6.18. The van der Waals surface area contributed by atoms with Gasteiger partial charge in [-0.25, -0.2) is 0 Å². The van der Waals surface area contributed by atoms with E-state index in [2.05, 4.69) is 15.3 Å². The standard InChI is InChI=1S/C15H16Cl2N4S/c16-12-8-4-7-11(13(12)17)9-18-21-14(19-20-15(21)22)10-5-2-1-3-6-10/h4,7-10H,1-3,5-6H2,(H,20,22)/b18-9-. The van der Waals surface area contributed by atoms with Gasteiger partial charge in [0.25, 0.3) is 0 Å². The Hall–Kier alpha value is -1.17. The molecule has 0 saturated heterocycles. The molecule has 1 heterocycles. The van der Waals surface area contributed by atoms with Crippen LogP contribution in [0.1, 0.15) is 49.4 Å². The average molecular weight is 355 g/mol. The highest BCUT2D eigenvalue weighted by Gasteiger charge is 2.21. The van der Waals surface area contributed by atoms with Gasteiger partial charge >= 0.3 is 0 Å². The summed E-state index contributed by atoms with van der Waals surface area (Å²) in [5, 5.41) is 12.7. The van der Waals surface area contributed by atoms with Gasteiger partial charge in [-0.05, 0) is 31.1 Å². The lowest BCUT2D eigenvalue weighted by Crippen LogP contribution is -2.10. The zero-order chi connectivity index (χ0) is 15.5. The molecule has 1 fully saturated rings. The van der Waals surface area contributed by atoms with Crippen LogP contribution < -0.4 is 0 Å². The van der Waals surface area contributed by atoms with Gasteiger partial charge in [-0.1, -0.05) is 54.6 Å². The number of aromatic nitrogens is 3. The number of rotatable bonds is 3. The topological polar surface area (TPSA) is 46.0 Å². The first-order valence-corrected chi connectivity index (χ1v) is 8.49. The number of nitrogens with one attached hydrogen (secondary N) is 1. The summed E-state index contributed by atoms with van der Waals surface area (Å²) in [6.07, 6.45) is 7.69. The van der Waals surface area contributed by atoms with Crippen molar-refractivity contribution >= 4 is 41.6 Å². The van der Waals surface area contributed by atoms with Crippen molar-refractivity contribution in [3.63, 3.8) is 0 Å². The lowest BCUT2D eigenvalue weighted by Gasteiger charge is -2.19. The van der Waals surface area contributed by atoms with Gasteiger partial charge in [-0.3, -0.25) is 5.10 Å². The fourth-order valence-electron chi connectivity index (χ4n) is 2.78. The summed E-state index contributed by atoms with van der Waals surface area (Å²) in [4.78, 5) is 0. The fraction of sp³-hybridized carbons (Fsp3) is 0.400. The van der Waals surface area contributed by atoms with Crippen LogP contribution in [-0.2, 0) is 0 Å². The van der Waals surface area contributed by atoms with Crippen LogP contribution in [0.15, 0.2) is 23.3 Å². The van der Waals surface area contributed by atoms with Crippen LogP contribution in [0.4, 0.5) is 0 Å². The minimum Gasteiger partial charge on any atom is -0.250 e. The van der Waals surface area contributed by atoms with Gasteiger partial charge in [-0.2, -0.15) is 14.9 Å². The predicted molar refractivity (Wildman–Crippen MR) is 92.7 cm³/mol. The third-order valence-electron chi connectivity index (χ3n) is 3.94. The SMILES string of the molecule is S=c1[nH]nc(C2CCCCC2)n1/N=C\c1cccc(Cl)c1Cl. The highest BCUT2D eigenvalue weighted by Crippen LogP contribution is 2.31. The number of nitrogens with zero attached hydrogens (tertiary/aromatic N) is 3. The van der Waals surface area contributed by atoms with Crippen molar-refractivity contribution in [3.8, 4) is 0 Å².